The summed E-state index contributed by atoms with van der Waals surface area (Å²) in [5.74, 6) is -0.482. The number of hydrogen-bond acceptors (Lipinski definition) is 3. The number of benzene rings is 3. The number of carbonyl (C=O) groups excluding carboxylic acids is 1. The van der Waals surface area contributed by atoms with Crippen molar-refractivity contribution in [3.05, 3.63) is 90.6 Å². The Balaban J connectivity index is 1.58. The Bertz CT molecular complexity index is 1070. The Labute approximate surface area is 150 Å². The van der Waals surface area contributed by atoms with E-state index >= 15 is 0 Å². The Hall–Kier alpha value is -3.66. The molecule has 1 heterocycles. The molecule has 0 atom stereocenters. The maximum atomic E-state index is 12.5. The number of rotatable bonds is 3. The molecule has 0 spiro atoms. The molecule has 0 unspecified atom stereocenters. The smallest absolute Gasteiger partial charge is 0.259 e. The van der Waals surface area contributed by atoms with Crippen LogP contribution in [0.2, 0.25) is 0 Å². The first kappa shape index (κ1) is 15.8. The van der Waals surface area contributed by atoms with Crippen molar-refractivity contribution in [3.8, 4) is 16.9 Å². The highest BCUT2D eigenvalue weighted by Gasteiger charge is 2.14. The molecular weight excluding hydrogens is 324 g/mol. The average Bonchev–Trinajstić information content (AvgIpc) is 2.69. The van der Waals surface area contributed by atoms with Crippen LogP contribution in [0, 0.1) is 0 Å². The summed E-state index contributed by atoms with van der Waals surface area (Å²) in [4.78, 5) is 16.7. The second-order valence-electron chi connectivity index (χ2n) is 5.93. The van der Waals surface area contributed by atoms with E-state index in [0.29, 0.717) is 11.2 Å². The van der Waals surface area contributed by atoms with Gasteiger partial charge in [-0.2, -0.15) is 0 Å². The quantitative estimate of drug-likeness (QED) is 0.560. The van der Waals surface area contributed by atoms with Crippen LogP contribution in [0.4, 0.5) is 5.69 Å². The predicted molar refractivity (Wildman–Crippen MR) is 103 cm³/mol. The summed E-state index contributed by atoms with van der Waals surface area (Å²) >= 11 is 0. The molecule has 0 aliphatic carbocycles. The number of aromatic hydroxyl groups is 1. The summed E-state index contributed by atoms with van der Waals surface area (Å²) < 4.78 is 0. The van der Waals surface area contributed by atoms with E-state index < -0.39 is 0 Å². The summed E-state index contributed by atoms with van der Waals surface area (Å²) in [6.07, 6.45) is 1.59. The minimum absolute atomic E-state index is 0.110. The average molecular weight is 340 g/mol. The largest absolute Gasteiger partial charge is 0.505 e. The van der Waals surface area contributed by atoms with Gasteiger partial charge >= 0.3 is 0 Å². The Morgan fingerprint density at radius 2 is 1.54 bits per heavy atom. The molecule has 0 aliphatic heterocycles. The number of fused-ring (bicyclic) bond motifs is 1. The van der Waals surface area contributed by atoms with Crippen LogP contribution in [-0.4, -0.2) is 16.0 Å². The zero-order valence-corrected chi connectivity index (χ0v) is 13.9. The summed E-state index contributed by atoms with van der Waals surface area (Å²) in [5.41, 5.74) is 3.46. The normalized spacial score (nSPS) is 10.6. The van der Waals surface area contributed by atoms with Crippen LogP contribution in [0.15, 0.2) is 85.1 Å². The van der Waals surface area contributed by atoms with Crippen molar-refractivity contribution in [2.24, 2.45) is 0 Å². The van der Waals surface area contributed by atoms with Gasteiger partial charge < -0.3 is 10.4 Å². The molecule has 0 saturated heterocycles. The van der Waals surface area contributed by atoms with Gasteiger partial charge in [0, 0.05) is 17.3 Å². The van der Waals surface area contributed by atoms with Crippen molar-refractivity contribution in [2.45, 2.75) is 0 Å². The van der Waals surface area contributed by atoms with Gasteiger partial charge in [-0.05, 0) is 35.4 Å². The van der Waals surface area contributed by atoms with Crippen molar-refractivity contribution >= 4 is 22.5 Å². The fraction of sp³-hybridized carbons (Fsp3) is 0. The molecule has 0 saturated carbocycles. The van der Waals surface area contributed by atoms with Crippen LogP contribution in [-0.2, 0) is 0 Å². The fourth-order valence-electron chi connectivity index (χ4n) is 2.89. The molecule has 0 aliphatic rings. The van der Waals surface area contributed by atoms with Crippen LogP contribution in [0.5, 0.6) is 5.75 Å². The summed E-state index contributed by atoms with van der Waals surface area (Å²) in [6.45, 7) is 0. The molecular formula is C22H16N2O2. The highest BCUT2D eigenvalue weighted by Crippen LogP contribution is 2.28. The first-order chi connectivity index (χ1) is 12.7. The number of amides is 1. The van der Waals surface area contributed by atoms with E-state index in [9.17, 15) is 9.90 Å². The van der Waals surface area contributed by atoms with Crippen molar-refractivity contribution in [3.63, 3.8) is 0 Å². The maximum Gasteiger partial charge on any atom is 0.259 e. The number of hydrogen-bond donors (Lipinski definition) is 2. The van der Waals surface area contributed by atoms with E-state index in [0.717, 1.165) is 16.5 Å². The Morgan fingerprint density at radius 1 is 0.808 bits per heavy atom. The minimum Gasteiger partial charge on any atom is -0.505 e. The zero-order chi connectivity index (χ0) is 17.9. The number of phenolic OH excluding ortho intramolecular Hbond substituents is 1. The van der Waals surface area contributed by atoms with Crippen molar-refractivity contribution in [1.29, 1.82) is 0 Å². The van der Waals surface area contributed by atoms with E-state index in [1.165, 1.54) is 0 Å². The molecule has 4 aromatic rings. The molecule has 1 amide bonds. The number of anilines is 1. The summed E-state index contributed by atoms with van der Waals surface area (Å²) in [7, 11) is 0. The molecule has 4 nitrogen and oxygen atoms in total. The van der Waals surface area contributed by atoms with E-state index in [4.69, 9.17) is 0 Å². The second-order valence-corrected chi connectivity index (χ2v) is 5.93. The minimum atomic E-state index is -0.373. The Kier molecular flexibility index (Phi) is 4.07. The topological polar surface area (TPSA) is 62.2 Å². The SMILES string of the molecule is O=C(Nc1ccc(-c2ccccc2)cc1)c1ccc2cccnc2c1O. The van der Waals surface area contributed by atoms with E-state index in [1.807, 2.05) is 60.7 Å². The number of nitrogens with one attached hydrogen (secondary N) is 1. The van der Waals surface area contributed by atoms with E-state index in [2.05, 4.69) is 10.3 Å². The van der Waals surface area contributed by atoms with Crippen LogP contribution in [0.25, 0.3) is 22.0 Å². The third-order valence-electron chi connectivity index (χ3n) is 4.24. The molecule has 2 N–H and O–H groups in total. The zero-order valence-electron chi connectivity index (χ0n) is 13.9. The van der Waals surface area contributed by atoms with Gasteiger partial charge in [0.25, 0.3) is 5.91 Å². The lowest BCUT2D eigenvalue weighted by molar-refractivity contribution is 0.102. The molecule has 1 aromatic heterocycles. The van der Waals surface area contributed by atoms with Crippen LogP contribution in [0.3, 0.4) is 0 Å². The highest BCUT2D eigenvalue weighted by atomic mass is 16.3. The highest BCUT2D eigenvalue weighted by molar-refractivity contribution is 6.09. The third kappa shape index (κ3) is 3.00. The van der Waals surface area contributed by atoms with Gasteiger partial charge in [0.05, 0.1) is 5.56 Å². The van der Waals surface area contributed by atoms with Gasteiger partial charge in [0.2, 0.25) is 0 Å². The van der Waals surface area contributed by atoms with Gasteiger partial charge in [0.1, 0.15) is 5.52 Å². The number of aromatic nitrogens is 1. The molecule has 4 rings (SSSR count). The Morgan fingerprint density at radius 3 is 2.31 bits per heavy atom. The molecule has 4 heteroatoms. The predicted octanol–water partition coefficient (Wildman–Crippen LogP) is 4.86. The number of nitrogens with zero attached hydrogens (tertiary/aromatic N) is 1. The second kappa shape index (κ2) is 6.69. The van der Waals surface area contributed by atoms with Crippen molar-refractivity contribution < 1.29 is 9.90 Å². The van der Waals surface area contributed by atoms with Crippen LogP contribution >= 0.6 is 0 Å². The number of pyridine rings is 1. The molecule has 3 aromatic carbocycles. The van der Waals surface area contributed by atoms with Crippen molar-refractivity contribution in [2.75, 3.05) is 5.32 Å². The van der Waals surface area contributed by atoms with Gasteiger partial charge in [-0.3, -0.25) is 9.78 Å². The monoisotopic (exact) mass is 340 g/mol. The van der Waals surface area contributed by atoms with Crippen molar-refractivity contribution in [1.82, 2.24) is 4.98 Å². The first-order valence-corrected chi connectivity index (χ1v) is 8.26. The molecule has 0 bridgehead atoms. The molecule has 0 radical (unpaired) electrons. The van der Waals surface area contributed by atoms with Gasteiger partial charge in [-0.25, -0.2) is 0 Å². The fourth-order valence-corrected chi connectivity index (χ4v) is 2.89. The van der Waals surface area contributed by atoms with Gasteiger partial charge in [0.15, 0.2) is 5.75 Å². The lowest BCUT2D eigenvalue weighted by Crippen LogP contribution is -2.12. The lowest BCUT2D eigenvalue weighted by Gasteiger charge is -2.09. The first-order valence-electron chi connectivity index (χ1n) is 8.26. The molecule has 126 valence electrons. The van der Waals surface area contributed by atoms with Gasteiger partial charge in [-0.15, -0.1) is 0 Å². The van der Waals surface area contributed by atoms with E-state index in [1.54, 1.807) is 24.4 Å². The van der Waals surface area contributed by atoms with E-state index in [-0.39, 0.29) is 17.2 Å². The van der Waals surface area contributed by atoms with Gasteiger partial charge in [-0.1, -0.05) is 54.6 Å². The summed E-state index contributed by atoms with van der Waals surface area (Å²) in [5, 5.41) is 14.0. The third-order valence-corrected chi connectivity index (χ3v) is 4.24. The summed E-state index contributed by atoms with van der Waals surface area (Å²) in [6, 6.07) is 24.6. The standard InChI is InChI=1S/C22H16N2O2/c25-21-19(13-10-17-7-4-14-23-20(17)21)22(26)24-18-11-8-16(9-12-18)15-5-2-1-3-6-15/h1-14,25H,(H,24,26). The lowest BCUT2D eigenvalue weighted by atomic mass is 10.1. The number of carbonyl (C=O) groups is 1. The molecule has 0 fully saturated rings. The van der Waals surface area contributed by atoms with Crippen LogP contribution < -0.4 is 5.32 Å². The molecule has 26 heavy (non-hydrogen) atoms. The van der Waals surface area contributed by atoms with Crippen LogP contribution in [0.1, 0.15) is 10.4 Å². The maximum absolute atomic E-state index is 12.5. The number of phenols is 1.